The number of aryl methyl sites for hydroxylation is 1. The van der Waals surface area contributed by atoms with Gasteiger partial charge in [0.25, 0.3) is 0 Å². The third-order valence-corrected chi connectivity index (χ3v) is 3.18. The van der Waals surface area contributed by atoms with Crippen LogP contribution < -0.4 is 10.6 Å². The molecule has 1 aromatic carbocycles. The van der Waals surface area contributed by atoms with Gasteiger partial charge in [-0.15, -0.1) is 0 Å². The third-order valence-electron chi connectivity index (χ3n) is 2.41. The van der Waals surface area contributed by atoms with Gasteiger partial charge in [0.15, 0.2) is 5.82 Å². The second-order valence-corrected chi connectivity index (χ2v) is 5.05. The highest BCUT2D eigenvalue weighted by atomic mass is 79.9. The molecule has 18 heavy (non-hydrogen) atoms. The Bertz CT molecular complexity index is 574. The van der Waals surface area contributed by atoms with E-state index in [2.05, 4.69) is 36.5 Å². The number of hydrogen-bond acceptors (Lipinski definition) is 4. The molecule has 0 aliphatic carbocycles. The molecule has 0 amide bonds. The molecule has 0 fully saturated rings. The van der Waals surface area contributed by atoms with Gasteiger partial charge >= 0.3 is 0 Å². The van der Waals surface area contributed by atoms with Gasteiger partial charge in [-0.1, -0.05) is 27.5 Å². The number of anilines is 3. The molecule has 4 nitrogen and oxygen atoms in total. The van der Waals surface area contributed by atoms with Gasteiger partial charge in [0.05, 0.1) is 6.20 Å². The fourth-order valence-corrected chi connectivity index (χ4v) is 2.08. The van der Waals surface area contributed by atoms with E-state index >= 15 is 0 Å². The molecule has 2 aromatic rings. The van der Waals surface area contributed by atoms with Crippen LogP contribution in [0, 0.1) is 6.92 Å². The molecule has 6 heteroatoms. The normalized spacial score (nSPS) is 10.2. The first-order chi connectivity index (χ1) is 8.60. The van der Waals surface area contributed by atoms with Crippen molar-refractivity contribution in [2.75, 3.05) is 17.7 Å². The largest absolute Gasteiger partial charge is 0.357 e. The average Bonchev–Trinajstić information content (AvgIpc) is 2.35. The molecule has 0 saturated carbocycles. The topological polar surface area (TPSA) is 49.8 Å². The second kappa shape index (κ2) is 5.54. The summed E-state index contributed by atoms with van der Waals surface area (Å²) in [6.45, 7) is 2.02. The molecule has 0 unspecified atom stereocenters. The van der Waals surface area contributed by atoms with Crippen LogP contribution >= 0.6 is 27.5 Å². The van der Waals surface area contributed by atoms with E-state index in [0.29, 0.717) is 16.8 Å². The number of benzene rings is 1. The zero-order valence-electron chi connectivity index (χ0n) is 9.96. The number of nitrogens with one attached hydrogen (secondary N) is 2. The van der Waals surface area contributed by atoms with Crippen molar-refractivity contribution >= 4 is 45.0 Å². The Kier molecular flexibility index (Phi) is 4.04. The highest BCUT2D eigenvalue weighted by Gasteiger charge is 2.06. The third kappa shape index (κ3) is 2.91. The van der Waals surface area contributed by atoms with Gasteiger partial charge in [0.1, 0.15) is 5.02 Å². The van der Waals surface area contributed by atoms with Crippen LogP contribution in [0.15, 0.2) is 28.9 Å². The standard InChI is InChI=1S/C12H12BrClN4/c1-7-5-8(13)3-4-10(7)17-11-9(14)6-16-12(15-2)18-11/h3-6H,1-2H3,(H2,15,16,17,18). The summed E-state index contributed by atoms with van der Waals surface area (Å²) in [6.07, 6.45) is 1.57. The monoisotopic (exact) mass is 326 g/mol. The van der Waals surface area contributed by atoms with Crippen molar-refractivity contribution < 1.29 is 0 Å². The van der Waals surface area contributed by atoms with Crippen molar-refractivity contribution in [3.63, 3.8) is 0 Å². The summed E-state index contributed by atoms with van der Waals surface area (Å²) in [5, 5.41) is 6.56. The summed E-state index contributed by atoms with van der Waals surface area (Å²) in [6, 6.07) is 5.96. The predicted molar refractivity (Wildman–Crippen MR) is 78.8 cm³/mol. The first-order valence-corrected chi connectivity index (χ1v) is 6.50. The van der Waals surface area contributed by atoms with Crippen LogP contribution in [0.2, 0.25) is 5.02 Å². The van der Waals surface area contributed by atoms with Crippen molar-refractivity contribution in [3.05, 3.63) is 39.5 Å². The van der Waals surface area contributed by atoms with Crippen molar-refractivity contribution in [3.8, 4) is 0 Å². The van der Waals surface area contributed by atoms with E-state index in [1.54, 1.807) is 13.2 Å². The van der Waals surface area contributed by atoms with E-state index in [1.165, 1.54) is 0 Å². The minimum Gasteiger partial charge on any atom is -0.357 e. The maximum Gasteiger partial charge on any atom is 0.224 e. The predicted octanol–water partition coefficient (Wildman–Crippen LogP) is 3.99. The zero-order valence-corrected chi connectivity index (χ0v) is 12.3. The maximum atomic E-state index is 6.06. The average molecular weight is 328 g/mol. The van der Waals surface area contributed by atoms with Crippen LogP contribution in [-0.2, 0) is 0 Å². The van der Waals surface area contributed by atoms with Crippen LogP contribution in [0.4, 0.5) is 17.5 Å². The molecule has 1 heterocycles. The highest BCUT2D eigenvalue weighted by molar-refractivity contribution is 9.10. The van der Waals surface area contributed by atoms with Crippen molar-refractivity contribution in [1.82, 2.24) is 9.97 Å². The van der Waals surface area contributed by atoms with E-state index in [-0.39, 0.29) is 0 Å². The Morgan fingerprint density at radius 3 is 2.78 bits per heavy atom. The number of hydrogen-bond donors (Lipinski definition) is 2. The molecule has 2 N–H and O–H groups in total. The van der Waals surface area contributed by atoms with Crippen LogP contribution in [0.3, 0.4) is 0 Å². The molecule has 0 bridgehead atoms. The second-order valence-electron chi connectivity index (χ2n) is 3.72. The van der Waals surface area contributed by atoms with Gasteiger partial charge in [-0.3, -0.25) is 0 Å². The zero-order chi connectivity index (χ0) is 13.1. The smallest absolute Gasteiger partial charge is 0.224 e. The summed E-state index contributed by atoms with van der Waals surface area (Å²) >= 11 is 9.49. The van der Waals surface area contributed by atoms with Crippen LogP contribution in [-0.4, -0.2) is 17.0 Å². The molecule has 2 rings (SSSR count). The van der Waals surface area contributed by atoms with Gasteiger partial charge in [0, 0.05) is 17.2 Å². The molecule has 0 aliphatic rings. The Labute approximate surface area is 119 Å². The van der Waals surface area contributed by atoms with E-state index in [0.717, 1.165) is 15.7 Å². The first-order valence-electron chi connectivity index (χ1n) is 5.33. The minimum atomic E-state index is 0.483. The fourth-order valence-electron chi connectivity index (χ4n) is 1.47. The Hall–Kier alpha value is -1.33. The summed E-state index contributed by atoms with van der Waals surface area (Å²) in [4.78, 5) is 8.31. The summed E-state index contributed by atoms with van der Waals surface area (Å²) < 4.78 is 1.04. The molecule has 0 radical (unpaired) electrons. The lowest BCUT2D eigenvalue weighted by molar-refractivity contribution is 1.15. The molecule has 0 aliphatic heterocycles. The van der Waals surface area contributed by atoms with Crippen molar-refractivity contribution in [1.29, 1.82) is 0 Å². The lowest BCUT2D eigenvalue weighted by Crippen LogP contribution is -2.01. The van der Waals surface area contributed by atoms with Gasteiger partial charge in [-0.05, 0) is 30.7 Å². The Morgan fingerprint density at radius 1 is 1.33 bits per heavy atom. The molecular weight excluding hydrogens is 316 g/mol. The summed E-state index contributed by atoms with van der Waals surface area (Å²) in [7, 11) is 1.76. The minimum absolute atomic E-state index is 0.483. The lowest BCUT2D eigenvalue weighted by Gasteiger charge is -2.11. The molecule has 0 spiro atoms. The van der Waals surface area contributed by atoms with Gasteiger partial charge in [-0.2, -0.15) is 4.98 Å². The van der Waals surface area contributed by atoms with Crippen molar-refractivity contribution in [2.24, 2.45) is 0 Å². The van der Waals surface area contributed by atoms with Gasteiger partial charge in [-0.25, -0.2) is 4.98 Å². The lowest BCUT2D eigenvalue weighted by atomic mass is 10.2. The maximum absolute atomic E-state index is 6.06. The molecule has 94 valence electrons. The van der Waals surface area contributed by atoms with Gasteiger partial charge < -0.3 is 10.6 Å². The number of nitrogens with zero attached hydrogens (tertiary/aromatic N) is 2. The molecule has 0 atom stereocenters. The van der Waals surface area contributed by atoms with E-state index in [1.807, 2.05) is 25.1 Å². The molecular formula is C12H12BrClN4. The van der Waals surface area contributed by atoms with Gasteiger partial charge in [0.2, 0.25) is 5.95 Å². The fraction of sp³-hybridized carbons (Fsp3) is 0.167. The highest BCUT2D eigenvalue weighted by Crippen LogP contribution is 2.27. The van der Waals surface area contributed by atoms with Crippen molar-refractivity contribution in [2.45, 2.75) is 6.92 Å². The Balaban J connectivity index is 2.33. The summed E-state index contributed by atoms with van der Waals surface area (Å²) in [5.74, 6) is 1.11. The van der Waals surface area contributed by atoms with Crippen LogP contribution in [0.5, 0.6) is 0 Å². The quantitative estimate of drug-likeness (QED) is 0.895. The van der Waals surface area contributed by atoms with E-state index < -0.39 is 0 Å². The van der Waals surface area contributed by atoms with E-state index in [9.17, 15) is 0 Å². The number of halogens is 2. The summed E-state index contributed by atoms with van der Waals surface area (Å²) in [5.41, 5.74) is 2.06. The first kappa shape index (κ1) is 13.1. The molecule has 0 saturated heterocycles. The molecule has 1 aromatic heterocycles. The number of rotatable bonds is 3. The SMILES string of the molecule is CNc1ncc(Cl)c(Nc2ccc(Br)cc2C)n1. The van der Waals surface area contributed by atoms with Crippen LogP contribution in [0.1, 0.15) is 5.56 Å². The number of aromatic nitrogens is 2. The Morgan fingerprint density at radius 2 is 2.11 bits per heavy atom. The van der Waals surface area contributed by atoms with Crippen LogP contribution in [0.25, 0.3) is 0 Å². The van der Waals surface area contributed by atoms with E-state index in [4.69, 9.17) is 11.6 Å².